The standard InChI is InChI=1S/C16H14ClN5O3/c1-24-11-4-6-15(25-2)13(8-11)19-16(23)12-7-10(17)3-5-14(12)22-9-18-20-21-22/h3-9H,1-2H3,(H,19,23). The first kappa shape index (κ1) is 16.7. The summed E-state index contributed by atoms with van der Waals surface area (Å²) in [7, 11) is 3.06. The molecule has 0 saturated heterocycles. The van der Waals surface area contributed by atoms with E-state index in [9.17, 15) is 4.79 Å². The highest BCUT2D eigenvalue weighted by molar-refractivity contribution is 6.31. The molecule has 1 heterocycles. The number of nitrogens with zero attached hydrogens (tertiary/aromatic N) is 4. The molecule has 0 aliphatic rings. The summed E-state index contributed by atoms with van der Waals surface area (Å²) in [6.07, 6.45) is 1.39. The van der Waals surface area contributed by atoms with E-state index in [1.54, 1.807) is 43.5 Å². The van der Waals surface area contributed by atoms with Crippen LogP contribution in [0.4, 0.5) is 5.69 Å². The molecule has 1 aromatic heterocycles. The van der Waals surface area contributed by atoms with Crippen molar-refractivity contribution in [3.8, 4) is 17.2 Å². The second-order valence-electron chi connectivity index (χ2n) is 4.94. The van der Waals surface area contributed by atoms with Crippen molar-refractivity contribution in [3.05, 3.63) is 53.3 Å². The number of carbonyl (C=O) groups is 1. The SMILES string of the molecule is COc1ccc(OC)c(NC(=O)c2cc(Cl)ccc2-n2cnnn2)c1. The van der Waals surface area contributed by atoms with Gasteiger partial charge < -0.3 is 14.8 Å². The predicted molar refractivity (Wildman–Crippen MR) is 91.7 cm³/mol. The van der Waals surface area contributed by atoms with E-state index in [0.29, 0.717) is 33.5 Å². The van der Waals surface area contributed by atoms with Crippen LogP contribution in [0.2, 0.25) is 5.02 Å². The number of hydrogen-bond donors (Lipinski definition) is 1. The molecule has 2 aromatic carbocycles. The number of carbonyl (C=O) groups excluding carboxylic acids is 1. The van der Waals surface area contributed by atoms with Gasteiger partial charge in [-0.1, -0.05) is 11.6 Å². The monoisotopic (exact) mass is 359 g/mol. The first-order chi connectivity index (χ1) is 12.1. The number of benzene rings is 2. The fraction of sp³-hybridized carbons (Fsp3) is 0.125. The second kappa shape index (κ2) is 7.18. The Morgan fingerprint density at radius 2 is 2.00 bits per heavy atom. The molecule has 1 N–H and O–H groups in total. The lowest BCUT2D eigenvalue weighted by Crippen LogP contribution is -2.16. The fourth-order valence-electron chi connectivity index (χ4n) is 2.26. The number of aromatic nitrogens is 4. The maximum absolute atomic E-state index is 12.8. The van der Waals surface area contributed by atoms with Crippen LogP contribution in [0, 0.1) is 0 Å². The maximum Gasteiger partial charge on any atom is 0.258 e. The van der Waals surface area contributed by atoms with Crippen LogP contribution in [-0.2, 0) is 0 Å². The van der Waals surface area contributed by atoms with Crippen LogP contribution >= 0.6 is 11.6 Å². The van der Waals surface area contributed by atoms with E-state index in [4.69, 9.17) is 21.1 Å². The molecule has 0 fully saturated rings. The molecule has 3 rings (SSSR count). The zero-order valence-electron chi connectivity index (χ0n) is 13.4. The van der Waals surface area contributed by atoms with Crippen molar-refractivity contribution in [1.82, 2.24) is 20.2 Å². The van der Waals surface area contributed by atoms with Gasteiger partial charge in [-0.3, -0.25) is 4.79 Å². The molecule has 25 heavy (non-hydrogen) atoms. The molecular weight excluding hydrogens is 346 g/mol. The Bertz CT molecular complexity index is 899. The van der Waals surface area contributed by atoms with Crippen LogP contribution in [0.5, 0.6) is 11.5 Å². The third-order valence-corrected chi connectivity index (χ3v) is 3.69. The van der Waals surface area contributed by atoms with Crippen molar-refractivity contribution in [2.45, 2.75) is 0 Å². The van der Waals surface area contributed by atoms with E-state index in [2.05, 4.69) is 20.8 Å². The molecule has 0 spiro atoms. The molecule has 128 valence electrons. The number of hydrogen-bond acceptors (Lipinski definition) is 6. The Morgan fingerprint density at radius 1 is 1.16 bits per heavy atom. The van der Waals surface area contributed by atoms with Gasteiger partial charge in [0.2, 0.25) is 0 Å². The maximum atomic E-state index is 12.8. The van der Waals surface area contributed by atoms with Gasteiger partial charge in [0.25, 0.3) is 5.91 Å². The van der Waals surface area contributed by atoms with E-state index in [1.807, 2.05) is 0 Å². The summed E-state index contributed by atoms with van der Waals surface area (Å²) >= 11 is 6.05. The van der Waals surface area contributed by atoms with Gasteiger partial charge in [0.1, 0.15) is 17.8 Å². The summed E-state index contributed by atoms with van der Waals surface area (Å²) in [5.41, 5.74) is 1.27. The largest absolute Gasteiger partial charge is 0.497 e. The van der Waals surface area contributed by atoms with Crippen LogP contribution in [0.15, 0.2) is 42.7 Å². The van der Waals surface area contributed by atoms with Crippen LogP contribution in [-0.4, -0.2) is 40.3 Å². The van der Waals surface area contributed by atoms with Crippen LogP contribution < -0.4 is 14.8 Å². The van der Waals surface area contributed by atoms with Gasteiger partial charge >= 0.3 is 0 Å². The summed E-state index contributed by atoms with van der Waals surface area (Å²) in [6, 6.07) is 9.96. The molecule has 3 aromatic rings. The lowest BCUT2D eigenvalue weighted by molar-refractivity contribution is 0.102. The highest BCUT2D eigenvalue weighted by Crippen LogP contribution is 2.30. The van der Waals surface area contributed by atoms with Gasteiger partial charge in [0.05, 0.1) is 31.2 Å². The second-order valence-corrected chi connectivity index (χ2v) is 5.37. The highest BCUT2D eigenvalue weighted by atomic mass is 35.5. The Morgan fingerprint density at radius 3 is 2.68 bits per heavy atom. The van der Waals surface area contributed by atoms with E-state index in [1.165, 1.54) is 18.1 Å². The summed E-state index contributed by atoms with van der Waals surface area (Å²) in [5.74, 6) is 0.697. The third-order valence-electron chi connectivity index (χ3n) is 3.45. The Kier molecular flexibility index (Phi) is 4.80. The molecule has 1 amide bonds. The Balaban J connectivity index is 1.98. The minimum absolute atomic E-state index is 0.310. The number of tetrazole rings is 1. The normalized spacial score (nSPS) is 10.4. The van der Waals surface area contributed by atoms with Crippen molar-refractivity contribution >= 4 is 23.2 Å². The highest BCUT2D eigenvalue weighted by Gasteiger charge is 2.17. The predicted octanol–water partition coefficient (Wildman–Crippen LogP) is 2.59. The minimum Gasteiger partial charge on any atom is -0.497 e. The summed E-state index contributed by atoms with van der Waals surface area (Å²) in [4.78, 5) is 12.8. The summed E-state index contributed by atoms with van der Waals surface area (Å²) in [5, 5.41) is 14.2. The third kappa shape index (κ3) is 3.53. The molecular formula is C16H14ClN5O3. The molecule has 0 saturated carbocycles. The molecule has 8 nitrogen and oxygen atoms in total. The van der Waals surface area contributed by atoms with Gasteiger partial charge in [-0.05, 0) is 40.8 Å². The Labute approximate surface area is 148 Å². The molecule has 0 bridgehead atoms. The van der Waals surface area contributed by atoms with Crippen LogP contribution in [0.1, 0.15) is 10.4 Å². The lowest BCUT2D eigenvalue weighted by atomic mass is 10.1. The number of rotatable bonds is 5. The number of amides is 1. The van der Waals surface area contributed by atoms with Crippen molar-refractivity contribution in [2.24, 2.45) is 0 Å². The van der Waals surface area contributed by atoms with E-state index in [-0.39, 0.29) is 5.91 Å². The lowest BCUT2D eigenvalue weighted by Gasteiger charge is -2.13. The molecule has 0 aliphatic carbocycles. The van der Waals surface area contributed by atoms with Crippen molar-refractivity contribution in [1.29, 1.82) is 0 Å². The average molecular weight is 360 g/mol. The number of nitrogens with one attached hydrogen (secondary N) is 1. The van der Waals surface area contributed by atoms with Crippen LogP contribution in [0.25, 0.3) is 5.69 Å². The van der Waals surface area contributed by atoms with Gasteiger partial charge in [-0.2, -0.15) is 4.68 Å². The molecule has 0 atom stereocenters. The molecule has 0 aliphatic heterocycles. The van der Waals surface area contributed by atoms with Crippen molar-refractivity contribution < 1.29 is 14.3 Å². The first-order valence-corrected chi connectivity index (χ1v) is 7.56. The van der Waals surface area contributed by atoms with E-state index in [0.717, 1.165) is 0 Å². The van der Waals surface area contributed by atoms with Crippen LogP contribution in [0.3, 0.4) is 0 Å². The number of ether oxygens (including phenoxy) is 2. The van der Waals surface area contributed by atoms with Gasteiger partial charge in [-0.25, -0.2) is 0 Å². The topological polar surface area (TPSA) is 91.2 Å². The Hall–Kier alpha value is -3.13. The van der Waals surface area contributed by atoms with Gasteiger partial charge in [-0.15, -0.1) is 5.10 Å². The minimum atomic E-state index is -0.389. The summed E-state index contributed by atoms with van der Waals surface area (Å²) < 4.78 is 11.8. The van der Waals surface area contributed by atoms with Gasteiger partial charge in [0, 0.05) is 11.1 Å². The van der Waals surface area contributed by atoms with Crippen molar-refractivity contribution in [2.75, 3.05) is 19.5 Å². The number of anilines is 1. The molecule has 9 heteroatoms. The van der Waals surface area contributed by atoms with E-state index >= 15 is 0 Å². The molecule has 0 unspecified atom stereocenters. The first-order valence-electron chi connectivity index (χ1n) is 7.18. The van der Waals surface area contributed by atoms with E-state index < -0.39 is 0 Å². The quantitative estimate of drug-likeness (QED) is 0.752. The number of halogens is 1. The fourth-order valence-corrected chi connectivity index (χ4v) is 2.44. The smallest absolute Gasteiger partial charge is 0.258 e. The zero-order chi connectivity index (χ0) is 17.8. The van der Waals surface area contributed by atoms with Gasteiger partial charge in [0.15, 0.2) is 0 Å². The zero-order valence-corrected chi connectivity index (χ0v) is 14.2. The number of methoxy groups -OCH3 is 2. The molecule has 0 radical (unpaired) electrons. The average Bonchev–Trinajstić information content (AvgIpc) is 3.16. The summed E-state index contributed by atoms with van der Waals surface area (Å²) in [6.45, 7) is 0. The van der Waals surface area contributed by atoms with Crippen molar-refractivity contribution in [3.63, 3.8) is 0 Å².